The van der Waals surface area contributed by atoms with Crippen LogP contribution >= 0.6 is 0 Å². The van der Waals surface area contributed by atoms with Crippen LogP contribution in [0.1, 0.15) is 36.1 Å². The van der Waals surface area contributed by atoms with E-state index in [1.54, 1.807) is 13.0 Å². The van der Waals surface area contributed by atoms with Gasteiger partial charge in [0.25, 0.3) is 0 Å². The maximum absolute atomic E-state index is 11.6. The predicted molar refractivity (Wildman–Crippen MR) is 162 cm³/mol. The zero-order valence-corrected chi connectivity index (χ0v) is 24.4. The van der Waals surface area contributed by atoms with Crippen LogP contribution in [0.15, 0.2) is 66.1 Å². The largest absolute Gasteiger partial charge is 0.488 e. The first-order chi connectivity index (χ1) is 20.3. The number of para-hydroxylation sites is 1. The Morgan fingerprint density at radius 2 is 2.00 bits per heavy atom. The van der Waals surface area contributed by atoms with Crippen molar-refractivity contribution in [2.24, 2.45) is 5.41 Å². The molecule has 0 aliphatic carbocycles. The lowest BCUT2D eigenvalue weighted by Crippen LogP contribution is -2.49. The third-order valence-electron chi connectivity index (χ3n) is 7.64. The number of pyridine rings is 1. The zero-order chi connectivity index (χ0) is 29.7. The van der Waals surface area contributed by atoms with Crippen molar-refractivity contribution >= 4 is 18.0 Å². The van der Waals surface area contributed by atoms with Gasteiger partial charge in [-0.25, -0.2) is 9.78 Å². The first kappa shape index (κ1) is 29.3. The number of hydrogen-bond donors (Lipinski definition) is 3. The molecule has 9 nitrogen and oxygen atoms in total. The van der Waals surface area contributed by atoms with Crippen LogP contribution in [0, 0.1) is 17.7 Å². The van der Waals surface area contributed by atoms with Gasteiger partial charge in [-0.2, -0.15) is 0 Å². The van der Waals surface area contributed by atoms with Gasteiger partial charge in [-0.15, -0.1) is 0 Å². The second-order valence-corrected chi connectivity index (χ2v) is 11.3. The third-order valence-corrected chi connectivity index (χ3v) is 7.64. The Bertz CT molecular complexity index is 1500. The molecule has 1 aromatic heterocycles. The smallest absolute Gasteiger partial charge is 0.342 e. The number of aryl methyl sites for hydroxylation is 1. The molecule has 3 aromatic rings. The summed E-state index contributed by atoms with van der Waals surface area (Å²) in [6.07, 6.45) is 1.78. The van der Waals surface area contributed by atoms with E-state index >= 15 is 0 Å². The summed E-state index contributed by atoms with van der Waals surface area (Å²) in [5, 5.41) is 19.9. The van der Waals surface area contributed by atoms with E-state index in [2.05, 4.69) is 35.3 Å². The summed E-state index contributed by atoms with van der Waals surface area (Å²) < 4.78 is 17.3. The summed E-state index contributed by atoms with van der Waals surface area (Å²) in [6, 6.07) is 18.0. The van der Waals surface area contributed by atoms with Crippen LogP contribution in [-0.2, 0) is 33.8 Å². The summed E-state index contributed by atoms with van der Waals surface area (Å²) in [7, 11) is 0. The van der Waals surface area contributed by atoms with E-state index in [4.69, 9.17) is 24.6 Å². The second kappa shape index (κ2) is 12.8. The van der Waals surface area contributed by atoms with Gasteiger partial charge in [0.15, 0.2) is 0 Å². The number of ether oxygens (including phenoxy) is 3. The fraction of sp³-hybridized carbons (Fsp3) is 0.364. The number of nitrogens with one attached hydrogen (secondary N) is 2. The number of fused-ring (bicyclic) bond motifs is 1. The Labute approximate surface area is 246 Å². The fourth-order valence-electron chi connectivity index (χ4n) is 5.49. The molecule has 9 heteroatoms. The molecule has 5 rings (SSSR count). The monoisotopic (exact) mass is 570 g/mol. The van der Waals surface area contributed by atoms with Crippen LogP contribution < -0.4 is 10.1 Å². The Kier molecular flexibility index (Phi) is 8.89. The number of anilines is 1. The SMILES string of the molecule is CCO/C(Nc1cccc(-c2cccc(C)c2OCc2ccc3c(c2)CCN(CC2(C)COC2)C3)n1)=C(/C=N)C(=O)O. The van der Waals surface area contributed by atoms with Gasteiger partial charge >= 0.3 is 5.97 Å². The van der Waals surface area contributed by atoms with E-state index in [1.165, 1.54) is 11.1 Å². The summed E-state index contributed by atoms with van der Waals surface area (Å²) in [5.41, 5.74) is 6.37. The molecule has 220 valence electrons. The van der Waals surface area contributed by atoms with Gasteiger partial charge < -0.3 is 30.0 Å². The topological polar surface area (TPSA) is 117 Å². The van der Waals surface area contributed by atoms with E-state index in [9.17, 15) is 9.90 Å². The van der Waals surface area contributed by atoms with Crippen molar-refractivity contribution in [1.82, 2.24) is 9.88 Å². The maximum Gasteiger partial charge on any atom is 0.342 e. The molecule has 2 aliphatic heterocycles. The zero-order valence-electron chi connectivity index (χ0n) is 24.4. The van der Waals surface area contributed by atoms with E-state index in [0.717, 1.165) is 67.9 Å². The highest BCUT2D eigenvalue weighted by Crippen LogP contribution is 2.34. The van der Waals surface area contributed by atoms with E-state index in [0.29, 0.717) is 18.1 Å². The lowest BCUT2D eigenvalue weighted by atomic mass is 9.87. The number of rotatable bonds is 12. The third kappa shape index (κ3) is 6.64. The van der Waals surface area contributed by atoms with Crippen molar-refractivity contribution in [2.45, 2.75) is 40.3 Å². The number of carboxylic acids is 1. The molecule has 0 amide bonds. The van der Waals surface area contributed by atoms with E-state index in [1.807, 2.05) is 37.3 Å². The number of carbonyl (C=O) groups is 1. The average Bonchev–Trinajstić information content (AvgIpc) is 2.96. The van der Waals surface area contributed by atoms with Crippen LogP contribution in [0.25, 0.3) is 11.3 Å². The van der Waals surface area contributed by atoms with Gasteiger partial charge in [-0.3, -0.25) is 4.90 Å². The summed E-state index contributed by atoms with van der Waals surface area (Å²) in [5.74, 6) is -0.156. The summed E-state index contributed by atoms with van der Waals surface area (Å²) in [4.78, 5) is 18.8. The second-order valence-electron chi connectivity index (χ2n) is 11.3. The molecule has 0 bridgehead atoms. The van der Waals surface area contributed by atoms with Crippen LogP contribution in [0.5, 0.6) is 5.75 Å². The van der Waals surface area contributed by atoms with Crippen molar-refractivity contribution in [1.29, 1.82) is 5.41 Å². The Morgan fingerprint density at radius 1 is 1.19 bits per heavy atom. The molecule has 0 atom stereocenters. The standard InChI is InChI=1S/C33H38N4O5/c1-4-41-31(27(16-34)32(38)39)36-29-10-6-9-28(35-29)26-8-5-7-22(2)30(26)42-18-23-11-12-25-17-37(14-13-24(25)15-23)19-33(3)20-40-21-33/h5-12,15-16,34H,4,13-14,17-21H2,1-3H3,(H,35,36)(H,38,39)/b31-27-,34-16?. The molecule has 0 radical (unpaired) electrons. The van der Waals surface area contributed by atoms with Crippen LogP contribution in [0.2, 0.25) is 0 Å². The minimum Gasteiger partial charge on any atom is -0.488 e. The lowest BCUT2D eigenvalue weighted by Gasteiger charge is -2.43. The lowest BCUT2D eigenvalue weighted by molar-refractivity contribution is -0.132. The van der Waals surface area contributed by atoms with Crippen molar-refractivity contribution in [2.75, 3.05) is 38.2 Å². The molecule has 42 heavy (non-hydrogen) atoms. The van der Waals surface area contributed by atoms with Crippen molar-refractivity contribution < 1.29 is 24.1 Å². The summed E-state index contributed by atoms with van der Waals surface area (Å²) in [6.45, 7) is 11.5. The first-order valence-electron chi connectivity index (χ1n) is 14.3. The number of aromatic nitrogens is 1. The number of aliphatic carboxylic acids is 1. The normalized spacial score (nSPS) is 16.5. The highest BCUT2D eigenvalue weighted by Gasteiger charge is 2.35. The van der Waals surface area contributed by atoms with Gasteiger partial charge in [0, 0.05) is 36.8 Å². The van der Waals surface area contributed by atoms with Gasteiger partial charge in [0.2, 0.25) is 5.88 Å². The molecule has 3 N–H and O–H groups in total. The molecule has 2 aromatic carbocycles. The molecular weight excluding hydrogens is 532 g/mol. The number of carboxylic acid groups (broad SMARTS) is 1. The average molecular weight is 571 g/mol. The van der Waals surface area contributed by atoms with E-state index in [-0.39, 0.29) is 23.5 Å². The Hall–Kier alpha value is -4.21. The van der Waals surface area contributed by atoms with Crippen molar-refractivity contribution in [3.8, 4) is 17.0 Å². The molecule has 1 saturated heterocycles. The molecule has 2 aliphatic rings. The number of nitrogens with zero attached hydrogens (tertiary/aromatic N) is 2. The quantitative estimate of drug-likeness (QED) is 0.150. The Balaban J connectivity index is 1.32. The first-order valence-corrected chi connectivity index (χ1v) is 14.3. The van der Waals surface area contributed by atoms with Crippen LogP contribution in [0.4, 0.5) is 5.82 Å². The number of hydrogen-bond acceptors (Lipinski definition) is 8. The van der Waals surface area contributed by atoms with E-state index < -0.39 is 5.97 Å². The van der Waals surface area contributed by atoms with Crippen LogP contribution in [0.3, 0.4) is 0 Å². The predicted octanol–water partition coefficient (Wildman–Crippen LogP) is 5.42. The molecular formula is C33H38N4O5. The molecule has 1 fully saturated rings. The van der Waals surface area contributed by atoms with Crippen LogP contribution in [-0.4, -0.2) is 60.1 Å². The van der Waals surface area contributed by atoms with Gasteiger partial charge in [0.05, 0.1) is 25.5 Å². The van der Waals surface area contributed by atoms with Gasteiger partial charge in [-0.05, 0) is 60.7 Å². The minimum absolute atomic E-state index is 0.0350. The molecule has 3 heterocycles. The maximum atomic E-state index is 11.6. The summed E-state index contributed by atoms with van der Waals surface area (Å²) >= 11 is 0. The van der Waals surface area contributed by atoms with Crippen molar-refractivity contribution in [3.63, 3.8) is 0 Å². The highest BCUT2D eigenvalue weighted by atomic mass is 16.5. The molecule has 0 unspecified atom stereocenters. The highest BCUT2D eigenvalue weighted by molar-refractivity contribution is 6.08. The Morgan fingerprint density at radius 3 is 2.71 bits per heavy atom. The minimum atomic E-state index is -1.26. The van der Waals surface area contributed by atoms with Gasteiger partial charge in [0.1, 0.15) is 23.7 Å². The fourth-order valence-corrected chi connectivity index (χ4v) is 5.49. The van der Waals surface area contributed by atoms with Gasteiger partial charge in [-0.1, -0.05) is 43.3 Å². The number of benzene rings is 2. The molecule has 0 spiro atoms. The van der Waals surface area contributed by atoms with Crippen molar-refractivity contribution in [3.05, 3.63) is 88.3 Å². The molecule has 0 saturated carbocycles.